The van der Waals surface area contributed by atoms with Gasteiger partial charge in [0.2, 0.25) is 10.0 Å². The van der Waals surface area contributed by atoms with Crippen molar-refractivity contribution in [1.29, 1.82) is 0 Å². The Hall–Kier alpha value is -2.49. The summed E-state index contributed by atoms with van der Waals surface area (Å²) in [6.07, 6.45) is 0. The number of fused-ring (bicyclic) bond motifs is 1. The largest absolute Gasteiger partial charge is 0.350 e. The molecule has 30 heavy (non-hydrogen) atoms. The highest BCUT2D eigenvalue weighted by Crippen LogP contribution is 2.23. The monoisotopic (exact) mass is 489 g/mol. The Labute approximate surface area is 182 Å². The van der Waals surface area contributed by atoms with Crippen LogP contribution in [-0.2, 0) is 10.0 Å². The van der Waals surface area contributed by atoms with Crippen LogP contribution in [0.15, 0.2) is 57.9 Å². The van der Waals surface area contributed by atoms with E-state index in [1.807, 2.05) is 24.3 Å². The van der Waals surface area contributed by atoms with E-state index in [2.05, 4.69) is 20.9 Å². The van der Waals surface area contributed by atoms with Crippen LogP contribution in [0.5, 0.6) is 0 Å². The highest BCUT2D eigenvalue weighted by molar-refractivity contribution is 9.10. The fraction of sp³-hybridized carbons (Fsp3) is 0.238. The number of carbonyl (C=O) groups is 2. The Kier molecular flexibility index (Phi) is 5.52. The number of halogens is 1. The summed E-state index contributed by atoms with van der Waals surface area (Å²) in [6, 6.07) is 13.5. The molecule has 0 bridgehead atoms. The molecule has 0 radical (unpaired) electrons. The van der Waals surface area contributed by atoms with Crippen LogP contribution in [-0.4, -0.2) is 60.5 Å². The Balaban J connectivity index is 1.45. The van der Waals surface area contributed by atoms with Gasteiger partial charge in [-0.2, -0.15) is 4.31 Å². The van der Waals surface area contributed by atoms with E-state index in [4.69, 9.17) is 0 Å². The molecular formula is C21H20BrN3O4S. The molecule has 4 rings (SSSR count). The summed E-state index contributed by atoms with van der Waals surface area (Å²) < 4.78 is 28.1. The first kappa shape index (κ1) is 20.8. The molecule has 0 saturated carbocycles. The van der Waals surface area contributed by atoms with Crippen molar-refractivity contribution in [2.24, 2.45) is 0 Å². The number of hydrogen-bond acceptors (Lipinski definition) is 4. The Morgan fingerprint density at radius 2 is 1.63 bits per heavy atom. The average molecular weight is 490 g/mol. The van der Waals surface area contributed by atoms with E-state index in [-0.39, 0.29) is 29.7 Å². The minimum absolute atomic E-state index is 0.115. The molecule has 1 aromatic heterocycles. The first-order chi connectivity index (χ1) is 14.3. The fourth-order valence-corrected chi connectivity index (χ4v) is 5.31. The van der Waals surface area contributed by atoms with Crippen LogP contribution < -0.4 is 0 Å². The zero-order chi connectivity index (χ0) is 21.5. The zero-order valence-electron chi connectivity index (χ0n) is 16.3. The van der Waals surface area contributed by atoms with Crippen molar-refractivity contribution in [2.45, 2.75) is 11.8 Å². The van der Waals surface area contributed by atoms with Crippen LogP contribution in [0.1, 0.15) is 27.8 Å². The Morgan fingerprint density at radius 1 is 0.967 bits per heavy atom. The molecule has 1 amide bonds. The minimum Gasteiger partial charge on any atom is -0.350 e. The number of nitrogens with one attached hydrogen (secondary N) is 1. The van der Waals surface area contributed by atoms with Gasteiger partial charge in [0, 0.05) is 47.1 Å². The number of benzene rings is 2. The summed E-state index contributed by atoms with van der Waals surface area (Å²) in [5, 5.41) is 0.941. The molecule has 156 valence electrons. The van der Waals surface area contributed by atoms with Crippen molar-refractivity contribution in [3.8, 4) is 0 Å². The topological polar surface area (TPSA) is 90.6 Å². The van der Waals surface area contributed by atoms with E-state index >= 15 is 0 Å². The van der Waals surface area contributed by atoms with Crippen LogP contribution in [0.4, 0.5) is 0 Å². The van der Waals surface area contributed by atoms with E-state index < -0.39 is 10.0 Å². The normalized spacial score (nSPS) is 15.5. The maximum Gasteiger partial charge on any atom is 0.270 e. The lowest BCUT2D eigenvalue weighted by Crippen LogP contribution is -2.50. The number of hydrogen-bond donors (Lipinski definition) is 1. The number of aromatic amines is 1. The quantitative estimate of drug-likeness (QED) is 0.569. The molecule has 1 fully saturated rings. The molecule has 0 aliphatic carbocycles. The molecule has 1 aliphatic heterocycles. The third-order valence-corrected chi connectivity index (χ3v) is 7.65. The van der Waals surface area contributed by atoms with Gasteiger partial charge in [0.05, 0.1) is 4.90 Å². The number of H-pyrrole nitrogens is 1. The molecule has 2 aromatic carbocycles. The second-order valence-electron chi connectivity index (χ2n) is 7.19. The van der Waals surface area contributed by atoms with Gasteiger partial charge >= 0.3 is 0 Å². The molecule has 3 aromatic rings. The molecule has 0 atom stereocenters. The molecule has 1 saturated heterocycles. The second kappa shape index (κ2) is 7.98. The predicted octanol–water partition coefficient (Wildman–Crippen LogP) is 3.28. The van der Waals surface area contributed by atoms with Crippen LogP contribution in [0.25, 0.3) is 10.9 Å². The lowest BCUT2D eigenvalue weighted by atomic mass is 10.2. The average Bonchev–Trinajstić information content (AvgIpc) is 3.16. The molecule has 7 nitrogen and oxygen atoms in total. The van der Waals surface area contributed by atoms with E-state index in [9.17, 15) is 18.0 Å². The minimum atomic E-state index is -3.67. The van der Waals surface area contributed by atoms with Gasteiger partial charge in [-0.1, -0.05) is 34.1 Å². The molecule has 0 unspecified atom stereocenters. The lowest BCUT2D eigenvalue weighted by molar-refractivity contribution is 0.0693. The first-order valence-electron chi connectivity index (χ1n) is 9.44. The van der Waals surface area contributed by atoms with E-state index in [1.165, 1.54) is 35.5 Å². The number of Topliss-reactive ketones (excluding diaryl/α,β-unsaturated/α-hetero) is 1. The van der Waals surface area contributed by atoms with Crippen molar-refractivity contribution in [1.82, 2.24) is 14.2 Å². The Bertz CT molecular complexity index is 1230. The van der Waals surface area contributed by atoms with Gasteiger partial charge in [-0.15, -0.1) is 0 Å². The molecular weight excluding hydrogens is 470 g/mol. The number of piperazine rings is 1. The van der Waals surface area contributed by atoms with Crippen molar-refractivity contribution in [3.63, 3.8) is 0 Å². The maximum atomic E-state index is 12.9. The van der Waals surface area contributed by atoms with E-state index in [1.54, 1.807) is 4.90 Å². The standard InChI is InChI=1S/C21H20BrN3O4S/c1-14(26)15-3-6-18(7-4-15)30(28,29)25-10-8-24(9-11-25)21(27)20-12-16-2-5-17(22)13-19(16)23-20/h2-7,12-13,23H,8-11H2,1H3. The van der Waals surface area contributed by atoms with Crippen molar-refractivity contribution < 1.29 is 18.0 Å². The van der Waals surface area contributed by atoms with Gasteiger partial charge in [0.1, 0.15) is 5.69 Å². The number of aromatic nitrogens is 1. The second-order valence-corrected chi connectivity index (χ2v) is 10.0. The van der Waals surface area contributed by atoms with Crippen molar-refractivity contribution in [3.05, 3.63) is 64.3 Å². The first-order valence-corrected chi connectivity index (χ1v) is 11.7. The molecule has 0 spiro atoms. The summed E-state index contributed by atoms with van der Waals surface area (Å²) in [5.74, 6) is -0.263. The smallest absolute Gasteiger partial charge is 0.270 e. The Morgan fingerprint density at radius 3 is 2.27 bits per heavy atom. The number of rotatable bonds is 4. The molecule has 9 heteroatoms. The van der Waals surface area contributed by atoms with Gasteiger partial charge in [0.25, 0.3) is 5.91 Å². The summed E-state index contributed by atoms with van der Waals surface area (Å²) in [7, 11) is -3.67. The van der Waals surface area contributed by atoms with Crippen molar-refractivity contribution >= 4 is 48.5 Å². The van der Waals surface area contributed by atoms with E-state index in [0.29, 0.717) is 24.3 Å². The van der Waals surface area contributed by atoms with Crippen LogP contribution in [0, 0.1) is 0 Å². The summed E-state index contributed by atoms with van der Waals surface area (Å²) in [5.41, 5.74) is 1.82. The number of ketones is 1. The highest BCUT2D eigenvalue weighted by Gasteiger charge is 2.31. The maximum absolute atomic E-state index is 12.9. The molecule has 1 N–H and O–H groups in total. The number of carbonyl (C=O) groups excluding carboxylic acids is 2. The third-order valence-electron chi connectivity index (χ3n) is 5.24. The van der Waals surface area contributed by atoms with Crippen LogP contribution >= 0.6 is 15.9 Å². The van der Waals surface area contributed by atoms with E-state index in [0.717, 1.165) is 15.4 Å². The lowest BCUT2D eigenvalue weighted by Gasteiger charge is -2.33. The highest BCUT2D eigenvalue weighted by atomic mass is 79.9. The molecule has 1 aliphatic rings. The van der Waals surface area contributed by atoms with Crippen molar-refractivity contribution in [2.75, 3.05) is 26.2 Å². The van der Waals surface area contributed by atoms with Crippen LogP contribution in [0.3, 0.4) is 0 Å². The number of sulfonamides is 1. The number of nitrogens with zero attached hydrogens (tertiary/aromatic N) is 2. The predicted molar refractivity (Wildman–Crippen MR) is 117 cm³/mol. The zero-order valence-corrected chi connectivity index (χ0v) is 18.7. The van der Waals surface area contributed by atoms with Gasteiger partial charge in [-0.25, -0.2) is 8.42 Å². The summed E-state index contributed by atoms with van der Waals surface area (Å²) >= 11 is 3.42. The van der Waals surface area contributed by atoms with Crippen LogP contribution in [0.2, 0.25) is 0 Å². The summed E-state index contributed by atoms with van der Waals surface area (Å²) in [4.78, 5) is 29.2. The van der Waals surface area contributed by atoms with Gasteiger partial charge in [0.15, 0.2) is 5.78 Å². The third kappa shape index (κ3) is 3.92. The van der Waals surface area contributed by atoms with Gasteiger partial charge < -0.3 is 9.88 Å². The van der Waals surface area contributed by atoms with Gasteiger partial charge in [-0.05, 0) is 37.3 Å². The van der Waals surface area contributed by atoms with Gasteiger partial charge in [-0.3, -0.25) is 9.59 Å². The fourth-order valence-electron chi connectivity index (χ4n) is 3.53. The number of amides is 1. The SMILES string of the molecule is CC(=O)c1ccc(S(=O)(=O)N2CCN(C(=O)c3cc4ccc(Br)cc4[nH]3)CC2)cc1. The summed E-state index contributed by atoms with van der Waals surface area (Å²) in [6.45, 7) is 2.49. The molecule has 2 heterocycles.